The molecule has 1 N–H and O–H groups in total. The fraction of sp³-hybridized carbons (Fsp3) is 0.812. The van der Waals surface area contributed by atoms with Gasteiger partial charge >= 0.3 is 0 Å². The summed E-state index contributed by atoms with van der Waals surface area (Å²) in [6.07, 6.45) is 7.82. The normalized spacial score (nSPS) is 18.5. The molecule has 1 heterocycles. The zero-order valence-corrected chi connectivity index (χ0v) is 13.6. The van der Waals surface area contributed by atoms with Crippen molar-refractivity contribution in [2.45, 2.75) is 65.0 Å². The molecular formula is C16H27N3S. The second-order valence-corrected chi connectivity index (χ2v) is 7.33. The summed E-state index contributed by atoms with van der Waals surface area (Å²) in [5.74, 6) is 0.934. The lowest BCUT2D eigenvalue weighted by Crippen LogP contribution is -2.26. The van der Waals surface area contributed by atoms with Crippen LogP contribution in [-0.2, 0) is 13.0 Å². The van der Waals surface area contributed by atoms with E-state index in [2.05, 4.69) is 24.1 Å². The molecule has 0 radical (unpaired) electrons. The minimum Gasteiger partial charge on any atom is -0.348 e. The summed E-state index contributed by atoms with van der Waals surface area (Å²) >= 11 is 1.92. The Morgan fingerprint density at radius 2 is 2.05 bits per heavy atom. The predicted molar refractivity (Wildman–Crippen MR) is 86.6 cm³/mol. The molecular weight excluding hydrogens is 266 g/mol. The maximum Gasteiger partial charge on any atom is 0.185 e. The van der Waals surface area contributed by atoms with Crippen LogP contribution >= 0.6 is 11.3 Å². The van der Waals surface area contributed by atoms with E-state index in [0.717, 1.165) is 31.5 Å². The Hall–Kier alpha value is -0.610. The van der Waals surface area contributed by atoms with Gasteiger partial charge in [0.2, 0.25) is 0 Å². The van der Waals surface area contributed by atoms with Crippen molar-refractivity contribution in [2.24, 2.45) is 5.92 Å². The van der Waals surface area contributed by atoms with Crippen LogP contribution in [0.2, 0.25) is 0 Å². The number of aryl methyl sites for hydroxylation is 1. The molecule has 0 amide bonds. The first-order valence-electron chi connectivity index (χ1n) is 8.27. The van der Waals surface area contributed by atoms with E-state index in [4.69, 9.17) is 4.98 Å². The second kappa shape index (κ2) is 6.44. The first-order chi connectivity index (χ1) is 9.80. The van der Waals surface area contributed by atoms with Crippen LogP contribution in [0.5, 0.6) is 0 Å². The van der Waals surface area contributed by atoms with Gasteiger partial charge in [0.25, 0.3) is 0 Å². The standard InChI is InChI=1S/C16H27N3S/c1-3-9-19(11-12-5-6-12)16-18-14(4-2)15(20-16)10-17-13-7-8-13/h12-13,17H,3-11H2,1-2H3. The van der Waals surface area contributed by atoms with Crippen LogP contribution in [0.3, 0.4) is 0 Å². The lowest BCUT2D eigenvalue weighted by Gasteiger charge is -2.20. The van der Waals surface area contributed by atoms with Gasteiger partial charge in [-0.2, -0.15) is 0 Å². The summed E-state index contributed by atoms with van der Waals surface area (Å²) in [4.78, 5) is 8.93. The zero-order valence-electron chi connectivity index (χ0n) is 12.8. The molecule has 3 rings (SSSR count). The Labute approximate surface area is 126 Å². The predicted octanol–water partition coefficient (Wildman–Crippen LogP) is 3.58. The molecule has 1 aromatic rings. The third-order valence-corrected chi connectivity index (χ3v) is 5.33. The Kier molecular flexibility index (Phi) is 4.61. The fourth-order valence-electron chi connectivity index (χ4n) is 2.59. The highest BCUT2D eigenvalue weighted by Crippen LogP contribution is 2.34. The lowest BCUT2D eigenvalue weighted by molar-refractivity contribution is 0.688. The number of anilines is 1. The van der Waals surface area contributed by atoms with E-state index < -0.39 is 0 Å². The number of nitrogens with zero attached hydrogens (tertiary/aromatic N) is 2. The van der Waals surface area contributed by atoms with Crippen molar-refractivity contribution in [3.8, 4) is 0 Å². The highest BCUT2D eigenvalue weighted by molar-refractivity contribution is 7.15. The topological polar surface area (TPSA) is 28.2 Å². The largest absolute Gasteiger partial charge is 0.348 e. The van der Waals surface area contributed by atoms with E-state index in [1.807, 2.05) is 11.3 Å². The van der Waals surface area contributed by atoms with Crippen LogP contribution < -0.4 is 10.2 Å². The molecule has 1 aromatic heterocycles. The van der Waals surface area contributed by atoms with E-state index in [1.165, 1.54) is 54.4 Å². The summed E-state index contributed by atoms with van der Waals surface area (Å²) in [5, 5.41) is 4.90. The maximum atomic E-state index is 4.93. The third kappa shape index (κ3) is 3.73. The quantitative estimate of drug-likeness (QED) is 0.754. The average molecular weight is 293 g/mol. The number of rotatable bonds is 9. The summed E-state index contributed by atoms with van der Waals surface area (Å²) < 4.78 is 0. The second-order valence-electron chi connectivity index (χ2n) is 6.26. The van der Waals surface area contributed by atoms with Gasteiger partial charge in [-0.25, -0.2) is 4.98 Å². The van der Waals surface area contributed by atoms with Crippen LogP contribution in [0.15, 0.2) is 0 Å². The molecule has 4 heteroatoms. The molecule has 20 heavy (non-hydrogen) atoms. The van der Waals surface area contributed by atoms with E-state index in [-0.39, 0.29) is 0 Å². The first kappa shape index (κ1) is 14.3. The molecule has 2 saturated carbocycles. The average Bonchev–Trinajstić information content (AvgIpc) is 3.36. The molecule has 0 unspecified atom stereocenters. The lowest BCUT2D eigenvalue weighted by atomic mass is 10.3. The summed E-state index contributed by atoms with van der Waals surface area (Å²) in [7, 11) is 0. The zero-order chi connectivity index (χ0) is 13.9. The summed E-state index contributed by atoms with van der Waals surface area (Å²) in [5.41, 5.74) is 1.31. The monoisotopic (exact) mass is 293 g/mol. The van der Waals surface area contributed by atoms with Crippen molar-refractivity contribution in [1.29, 1.82) is 0 Å². The van der Waals surface area contributed by atoms with Crippen molar-refractivity contribution in [1.82, 2.24) is 10.3 Å². The molecule has 0 saturated heterocycles. The molecule has 0 aromatic carbocycles. The van der Waals surface area contributed by atoms with Gasteiger partial charge in [-0.3, -0.25) is 0 Å². The van der Waals surface area contributed by atoms with Crippen LogP contribution in [-0.4, -0.2) is 24.1 Å². The molecule has 3 nitrogen and oxygen atoms in total. The van der Waals surface area contributed by atoms with Crippen molar-refractivity contribution >= 4 is 16.5 Å². The summed E-state index contributed by atoms with van der Waals surface area (Å²) in [6, 6.07) is 0.781. The number of nitrogens with one attached hydrogen (secondary N) is 1. The Morgan fingerprint density at radius 1 is 1.25 bits per heavy atom. The molecule has 0 aliphatic heterocycles. The van der Waals surface area contributed by atoms with E-state index in [1.54, 1.807) is 0 Å². The Bertz CT molecular complexity index is 435. The van der Waals surface area contributed by atoms with Crippen LogP contribution in [0.25, 0.3) is 0 Å². The van der Waals surface area contributed by atoms with Gasteiger partial charge in [-0.05, 0) is 44.4 Å². The van der Waals surface area contributed by atoms with Gasteiger partial charge in [-0.1, -0.05) is 13.8 Å². The third-order valence-electron chi connectivity index (χ3n) is 4.17. The van der Waals surface area contributed by atoms with E-state index in [0.29, 0.717) is 0 Å². The van der Waals surface area contributed by atoms with Gasteiger partial charge in [-0.15, -0.1) is 11.3 Å². The number of thiazole rings is 1. The number of hydrogen-bond acceptors (Lipinski definition) is 4. The highest BCUT2D eigenvalue weighted by atomic mass is 32.1. The molecule has 0 spiro atoms. The van der Waals surface area contributed by atoms with Crippen molar-refractivity contribution < 1.29 is 0 Å². The minimum atomic E-state index is 0.781. The molecule has 112 valence electrons. The van der Waals surface area contributed by atoms with Crippen LogP contribution in [0, 0.1) is 5.92 Å². The van der Waals surface area contributed by atoms with Crippen LogP contribution in [0.4, 0.5) is 5.13 Å². The van der Waals surface area contributed by atoms with Crippen molar-refractivity contribution in [3.05, 3.63) is 10.6 Å². The first-order valence-corrected chi connectivity index (χ1v) is 9.08. The van der Waals surface area contributed by atoms with Gasteiger partial charge < -0.3 is 10.2 Å². The van der Waals surface area contributed by atoms with Gasteiger partial charge in [0.15, 0.2) is 5.13 Å². The van der Waals surface area contributed by atoms with Gasteiger partial charge in [0, 0.05) is 30.6 Å². The van der Waals surface area contributed by atoms with E-state index >= 15 is 0 Å². The summed E-state index contributed by atoms with van der Waals surface area (Å²) in [6.45, 7) is 7.89. The molecule has 2 fully saturated rings. The molecule has 0 bridgehead atoms. The SMILES string of the molecule is CCCN(CC1CC1)c1nc(CC)c(CNC2CC2)s1. The van der Waals surface area contributed by atoms with Gasteiger partial charge in [0.1, 0.15) is 0 Å². The van der Waals surface area contributed by atoms with Crippen molar-refractivity contribution in [3.63, 3.8) is 0 Å². The smallest absolute Gasteiger partial charge is 0.185 e. The Balaban J connectivity index is 1.68. The van der Waals surface area contributed by atoms with Crippen molar-refractivity contribution in [2.75, 3.05) is 18.0 Å². The molecule has 0 atom stereocenters. The Morgan fingerprint density at radius 3 is 2.65 bits per heavy atom. The minimum absolute atomic E-state index is 0.781. The number of hydrogen-bond donors (Lipinski definition) is 1. The fourth-order valence-corrected chi connectivity index (χ4v) is 3.73. The number of aromatic nitrogens is 1. The van der Waals surface area contributed by atoms with Gasteiger partial charge in [0.05, 0.1) is 5.69 Å². The molecule has 2 aliphatic rings. The van der Waals surface area contributed by atoms with E-state index in [9.17, 15) is 0 Å². The molecule has 2 aliphatic carbocycles. The van der Waals surface area contributed by atoms with Crippen LogP contribution in [0.1, 0.15) is 56.5 Å². The highest BCUT2D eigenvalue weighted by Gasteiger charge is 2.26. The maximum absolute atomic E-state index is 4.93.